The summed E-state index contributed by atoms with van der Waals surface area (Å²) in [6, 6.07) is 82.0. The Morgan fingerprint density at radius 2 is 0.578 bits per heavy atom. The third-order valence-corrected chi connectivity index (χ3v) is 13.9. The van der Waals surface area contributed by atoms with E-state index in [4.69, 9.17) is 0 Å². The van der Waals surface area contributed by atoms with Crippen molar-refractivity contribution in [3.8, 4) is 22.3 Å². The molecule has 2 nitrogen and oxygen atoms in total. The van der Waals surface area contributed by atoms with Gasteiger partial charge in [-0.1, -0.05) is 158 Å². The fraction of sp³-hybridized carbons (Fsp3) is 0.0645. The molecule has 2 aliphatic rings. The van der Waals surface area contributed by atoms with E-state index in [-0.39, 0.29) is 0 Å². The van der Waals surface area contributed by atoms with Crippen LogP contribution in [-0.2, 0) is 25.7 Å². The smallest absolute Gasteiger partial charge is 0.0493 e. The Balaban J connectivity index is 1.17. The van der Waals surface area contributed by atoms with Crippen molar-refractivity contribution in [2.75, 3.05) is 9.80 Å². The van der Waals surface area contributed by atoms with Crippen LogP contribution in [-0.4, -0.2) is 0 Å². The Hall–Kier alpha value is -7.94. The van der Waals surface area contributed by atoms with Crippen LogP contribution in [0.25, 0.3) is 65.3 Å². The number of hydrogen-bond donors (Lipinski definition) is 0. The van der Waals surface area contributed by atoms with Gasteiger partial charge < -0.3 is 9.80 Å². The third-order valence-electron chi connectivity index (χ3n) is 13.9. The minimum atomic E-state index is 1.00. The van der Waals surface area contributed by atoms with E-state index < -0.39 is 0 Å². The van der Waals surface area contributed by atoms with Crippen LogP contribution in [0.4, 0.5) is 34.1 Å². The average molecular weight is 817 g/mol. The van der Waals surface area contributed by atoms with Gasteiger partial charge in [-0.15, -0.1) is 0 Å². The van der Waals surface area contributed by atoms with Crippen molar-refractivity contribution in [3.63, 3.8) is 0 Å². The van der Waals surface area contributed by atoms with Crippen molar-refractivity contribution in [1.29, 1.82) is 0 Å². The summed E-state index contributed by atoms with van der Waals surface area (Å²) in [6.07, 6.45) is 4.01. The Morgan fingerprint density at radius 1 is 0.250 bits per heavy atom. The molecular weight excluding hydrogens is 773 g/mol. The molecule has 0 spiro atoms. The van der Waals surface area contributed by atoms with Crippen molar-refractivity contribution in [3.05, 3.63) is 241 Å². The summed E-state index contributed by atoms with van der Waals surface area (Å²) in [5.74, 6) is 0. The van der Waals surface area contributed by atoms with E-state index >= 15 is 0 Å². The van der Waals surface area contributed by atoms with Crippen molar-refractivity contribution < 1.29 is 0 Å². The minimum absolute atomic E-state index is 1.00. The van der Waals surface area contributed by atoms with E-state index in [1.165, 1.54) is 110 Å². The zero-order chi connectivity index (χ0) is 42.1. The molecule has 0 saturated carbocycles. The van der Waals surface area contributed by atoms with E-state index in [1.54, 1.807) is 0 Å². The fourth-order valence-electron chi connectivity index (χ4n) is 10.9. The molecule has 0 radical (unpaired) electrons. The summed E-state index contributed by atoms with van der Waals surface area (Å²) in [5.41, 5.74) is 17.7. The Labute approximate surface area is 373 Å². The molecule has 13 rings (SSSR count). The third kappa shape index (κ3) is 5.94. The highest BCUT2D eigenvalue weighted by Crippen LogP contribution is 2.51. The van der Waals surface area contributed by atoms with Gasteiger partial charge in [-0.05, 0) is 174 Å². The SMILES string of the molecule is c1ccc2c(c1)CCc1ccccc1N2c1ccc2c(-c3ccc4ccccc4c3)c3ccc(N4c5ccccc5CCc5ccccc54)cc3c(-c3ccc4ccccc4c3)c2c1. The van der Waals surface area contributed by atoms with E-state index in [1.807, 2.05) is 0 Å². The maximum absolute atomic E-state index is 2.52. The molecule has 2 aliphatic heterocycles. The second kappa shape index (κ2) is 14.9. The molecule has 0 atom stereocenters. The highest BCUT2D eigenvalue weighted by atomic mass is 15.2. The number of nitrogens with zero attached hydrogens (tertiary/aromatic N) is 2. The lowest BCUT2D eigenvalue weighted by Gasteiger charge is -2.29. The van der Waals surface area contributed by atoms with Crippen molar-refractivity contribution in [2.24, 2.45) is 0 Å². The van der Waals surface area contributed by atoms with Gasteiger partial charge in [-0.2, -0.15) is 0 Å². The summed E-state index contributed by atoms with van der Waals surface area (Å²) >= 11 is 0. The van der Waals surface area contributed by atoms with Crippen LogP contribution in [0.15, 0.2) is 218 Å². The topological polar surface area (TPSA) is 6.48 Å². The Kier molecular flexibility index (Phi) is 8.52. The van der Waals surface area contributed by atoms with Crippen LogP contribution >= 0.6 is 0 Å². The predicted molar refractivity (Wildman–Crippen MR) is 272 cm³/mol. The van der Waals surface area contributed by atoms with Gasteiger partial charge in [0.15, 0.2) is 0 Å². The van der Waals surface area contributed by atoms with Gasteiger partial charge in [-0.3, -0.25) is 0 Å². The quantitative estimate of drug-likeness (QED) is 0.163. The number of anilines is 6. The number of aryl methyl sites for hydroxylation is 4. The first-order valence-corrected chi connectivity index (χ1v) is 22.7. The van der Waals surface area contributed by atoms with Crippen LogP contribution in [0.5, 0.6) is 0 Å². The van der Waals surface area contributed by atoms with E-state index in [0.717, 1.165) is 37.1 Å². The maximum Gasteiger partial charge on any atom is 0.0493 e. The molecule has 0 aliphatic carbocycles. The fourth-order valence-corrected chi connectivity index (χ4v) is 10.9. The minimum Gasteiger partial charge on any atom is -0.310 e. The molecule has 0 saturated heterocycles. The van der Waals surface area contributed by atoms with Gasteiger partial charge in [0.2, 0.25) is 0 Å². The molecule has 11 aromatic rings. The zero-order valence-corrected chi connectivity index (χ0v) is 35.5. The van der Waals surface area contributed by atoms with Gasteiger partial charge >= 0.3 is 0 Å². The number of hydrogen-bond acceptors (Lipinski definition) is 2. The summed E-state index contributed by atoms with van der Waals surface area (Å²) < 4.78 is 0. The lowest BCUT2D eigenvalue weighted by Crippen LogP contribution is -2.12. The number of para-hydroxylation sites is 4. The lowest BCUT2D eigenvalue weighted by molar-refractivity contribution is 0.977. The molecule has 64 heavy (non-hydrogen) atoms. The summed E-state index contributed by atoms with van der Waals surface area (Å²) in [7, 11) is 0. The van der Waals surface area contributed by atoms with E-state index in [0.29, 0.717) is 0 Å². The first kappa shape index (κ1) is 36.7. The maximum atomic E-state index is 2.52. The van der Waals surface area contributed by atoms with Gasteiger partial charge in [0.05, 0.1) is 0 Å². The largest absolute Gasteiger partial charge is 0.310 e. The predicted octanol–water partition coefficient (Wildman–Crippen LogP) is 16.8. The molecule has 2 heteroatoms. The highest BCUT2D eigenvalue weighted by Gasteiger charge is 2.27. The zero-order valence-electron chi connectivity index (χ0n) is 35.5. The molecule has 0 aromatic heterocycles. The van der Waals surface area contributed by atoms with Crippen LogP contribution < -0.4 is 9.80 Å². The van der Waals surface area contributed by atoms with Crippen LogP contribution in [0.1, 0.15) is 22.3 Å². The molecule has 0 unspecified atom stereocenters. The monoisotopic (exact) mass is 816 g/mol. The Bertz CT molecular complexity index is 3400. The van der Waals surface area contributed by atoms with Crippen LogP contribution in [0.2, 0.25) is 0 Å². The molecule has 0 N–H and O–H groups in total. The number of benzene rings is 11. The van der Waals surface area contributed by atoms with Crippen molar-refractivity contribution >= 4 is 77.2 Å². The molecule has 0 bridgehead atoms. The molecule has 11 aromatic carbocycles. The lowest BCUT2D eigenvalue weighted by atomic mass is 9.84. The van der Waals surface area contributed by atoms with Gasteiger partial charge in [0.25, 0.3) is 0 Å². The van der Waals surface area contributed by atoms with Gasteiger partial charge in [0, 0.05) is 34.1 Å². The van der Waals surface area contributed by atoms with Gasteiger partial charge in [0.1, 0.15) is 0 Å². The van der Waals surface area contributed by atoms with Crippen LogP contribution in [0.3, 0.4) is 0 Å². The summed E-state index contributed by atoms with van der Waals surface area (Å²) in [5, 5.41) is 9.90. The van der Waals surface area contributed by atoms with Crippen molar-refractivity contribution in [2.45, 2.75) is 25.7 Å². The second-order valence-corrected chi connectivity index (χ2v) is 17.5. The molecular formula is C62H44N2. The van der Waals surface area contributed by atoms with E-state index in [9.17, 15) is 0 Å². The number of rotatable bonds is 4. The highest BCUT2D eigenvalue weighted by molar-refractivity contribution is 6.23. The molecule has 0 amide bonds. The van der Waals surface area contributed by atoms with Crippen molar-refractivity contribution in [1.82, 2.24) is 0 Å². The average Bonchev–Trinajstić information content (AvgIpc) is 3.63. The number of fused-ring (bicyclic) bond motifs is 8. The summed E-state index contributed by atoms with van der Waals surface area (Å²) in [6.45, 7) is 0. The van der Waals surface area contributed by atoms with E-state index in [2.05, 4.69) is 228 Å². The Morgan fingerprint density at radius 3 is 0.969 bits per heavy atom. The molecule has 0 fully saturated rings. The first-order valence-electron chi connectivity index (χ1n) is 22.7. The normalized spacial score (nSPS) is 13.3. The second-order valence-electron chi connectivity index (χ2n) is 17.5. The molecule has 302 valence electrons. The standard InChI is InChI=1S/C62H44N2/c1-3-19-47-37-49(31-25-41(47)13-1)61-53-35-33-51(63-57-21-9-5-15-43(57)27-28-44-16-6-10-22-58(44)63)39-55(53)62(50-32-26-42-14-2-4-20-48(42)38-50)56-40-52(34-36-54(56)61)64-59-23-11-7-17-45(59)29-30-46-18-8-12-24-60(46)64/h1-26,31-40H,27-30H2. The summed E-state index contributed by atoms with van der Waals surface area (Å²) in [4.78, 5) is 5.03. The van der Waals surface area contributed by atoms with Crippen LogP contribution in [0, 0.1) is 0 Å². The molecule has 2 heterocycles. The first-order chi connectivity index (χ1) is 31.7. The van der Waals surface area contributed by atoms with Gasteiger partial charge in [-0.25, -0.2) is 0 Å².